The standard InChI is InChI=1S/C13H17N3O/c1-13(2)12(17)11(15-4)9-7-8(14-3)5-6-10(9)16-13/h5-7,11-12,15-17H,1-2,4H3/t11-,12+/m1/s1. The minimum Gasteiger partial charge on any atom is -0.389 e. The van der Waals surface area contributed by atoms with Crippen LogP contribution in [0.5, 0.6) is 0 Å². The van der Waals surface area contributed by atoms with Crippen molar-refractivity contribution in [3.05, 3.63) is 35.2 Å². The first kappa shape index (κ1) is 11.9. The Balaban J connectivity index is 2.53. The Kier molecular flexibility index (Phi) is 2.82. The highest BCUT2D eigenvalue weighted by Gasteiger charge is 2.39. The highest BCUT2D eigenvalue weighted by Crippen LogP contribution is 2.39. The molecule has 0 aromatic heterocycles. The van der Waals surface area contributed by atoms with Gasteiger partial charge in [0.05, 0.1) is 24.3 Å². The largest absolute Gasteiger partial charge is 0.389 e. The molecule has 1 aromatic rings. The van der Waals surface area contributed by atoms with Gasteiger partial charge < -0.3 is 15.7 Å². The van der Waals surface area contributed by atoms with E-state index in [1.807, 2.05) is 33.0 Å². The first-order valence-electron chi connectivity index (χ1n) is 5.64. The maximum absolute atomic E-state index is 10.3. The summed E-state index contributed by atoms with van der Waals surface area (Å²) in [5.41, 5.74) is 2.14. The fourth-order valence-corrected chi connectivity index (χ4v) is 2.31. The van der Waals surface area contributed by atoms with Gasteiger partial charge in [0.25, 0.3) is 0 Å². The molecule has 17 heavy (non-hydrogen) atoms. The van der Waals surface area contributed by atoms with Gasteiger partial charge in [-0.05, 0) is 38.6 Å². The first-order chi connectivity index (χ1) is 7.99. The van der Waals surface area contributed by atoms with Crippen molar-refractivity contribution in [2.24, 2.45) is 0 Å². The van der Waals surface area contributed by atoms with Gasteiger partial charge >= 0.3 is 0 Å². The minimum absolute atomic E-state index is 0.150. The molecular weight excluding hydrogens is 214 g/mol. The van der Waals surface area contributed by atoms with E-state index in [0.29, 0.717) is 5.69 Å². The molecule has 0 amide bonds. The van der Waals surface area contributed by atoms with Gasteiger partial charge in [-0.3, -0.25) is 0 Å². The van der Waals surface area contributed by atoms with Crippen molar-refractivity contribution in [2.75, 3.05) is 12.4 Å². The smallest absolute Gasteiger partial charge is 0.187 e. The summed E-state index contributed by atoms with van der Waals surface area (Å²) in [5, 5.41) is 16.7. The van der Waals surface area contributed by atoms with Crippen LogP contribution in [0.1, 0.15) is 25.5 Å². The van der Waals surface area contributed by atoms with E-state index in [-0.39, 0.29) is 11.6 Å². The molecule has 0 saturated carbocycles. The van der Waals surface area contributed by atoms with Crippen molar-refractivity contribution in [1.82, 2.24) is 5.32 Å². The summed E-state index contributed by atoms with van der Waals surface area (Å²) in [6, 6.07) is 5.37. The lowest BCUT2D eigenvalue weighted by Gasteiger charge is -2.43. The number of hydrogen-bond donors (Lipinski definition) is 3. The van der Waals surface area contributed by atoms with E-state index in [4.69, 9.17) is 6.57 Å². The third-order valence-corrected chi connectivity index (χ3v) is 3.32. The van der Waals surface area contributed by atoms with Crippen LogP contribution in [0.4, 0.5) is 11.4 Å². The minimum atomic E-state index is -0.541. The molecule has 0 unspecified atom stereocenters. The number of aliphatic hydroxyl groups is 1. The number of likely N-dealkylation sites (N-methyl/N-ethyl adjacent to an activating group) is 1. The molecule has 4 heteroatoms. The Morgan fingerprint density at radius 3 is 2.76 bits per heavy atom. The Morgan fingerprint density at radius 2 is 2.18 bits per heavy atom. The molecule has 90 valence electrons. The van der Waals surface area contributed by atoms with E-state index < -0.39 is 6.10 Å². The number of nitrogens with one attached hydrogen (secondary N) is 2. The van der Waals surface area contributed by atoms with Gasteiger partial charge in [0, 0.05) is 5.69 Å². The van der Waals surface area contributed by atoms with Gasteiger partial charge in [-0.2, -0.15) is 0 Å². The molecule has 4 nitrogen and oxygen atoms in total. The zero-order valence-electron chi connectivity index (χ0n) is 10.3. The van der Waals surface area contributed by atoms with Gasteiger partial charge in [-0.25, -0.2) is 4.85 Å². The molecule has 0 fully saturated rings. The van der Waals surface area contributed by atoms with E-state index in [1.165, 1.54) is 0 Å². The normalized spacial score (nSPS) is 25.6. The Hall–Kier alpha value is -1.57. The topological polar surface area (TPSA) is 48.7 Å². The predicted molar refractivity (Wildman–Crippen MR) is 68.2 cm³/mol. The molecule has 0 aliphatic carbocycles. The average molecular weight is 231 g/mol. The lowest BCUT2D eigenvalue weighted by molar-refractivity contribution is 0.0717. The fraction of sp³-hybridized carbons (Fsp3) is 0.462. The second-order valence-corrected chi connectivity index (χ2v) is 4.94. The van der Waals surface area contributed by atoms with Gasteiger partial charge in [0.2, 0.25) is 0 Å². The average Bonchev–Trinajstić information content (AvgIpc) is 2.30. The zero-order chi connectivity index (χ0) is 12.6. The molecule has 0 spiro atoms. The molecule has 1 aromatic carbocycles. The van der Waals surface area contributed by atoms with Crippen molar-refractivity contribution in [2.45, 2.75) is 31.5 Å². The van der Waals surface area contributed by atoms with Crippen LogP contribution in [0.25, 0.3) is 4.85 Å². The number of benzene rings is 1. The monoisotopic (exact) mass is 231 g/mol. The van der Waals surface area contributed by atoms with Crippen molar-refractivity contribution < 1.29 is 5.11 Å². The number of aliphatic hydroxyl groups excluding tert-OH is 1. The van der Waals surface area contributed by atoms with Crippen molar-refractivity contribution >= 4 is 11.4 Å². The molecule has 2 rings (SSSR count). The van der Waals surface area contributed by atoms with Crippen molar-refractivity contribution in [3.8, 4) is 0 Å². The predicted octanol–water partition coefficient (Wildman–Crippen LogP) is 2.06. The van der Waals surface area contributed by atoms with Crippen LogP contribution < -0.4 is 10.6 Å². The molecule has 1 aliphatic heterocycles. The molecule has 1 aliphatic rings. The number of rotatable bonds is 1. The van der Waals surface area contributed by atoms with Crippen molar-refractivity contribution in [3.63, 3.8) is 0 Å². The molecule has 3 N–H and O–H groups in total. The summed E-state index contributed by atoms with van der Waals surface area (Å²) in [7, 11) is 1.82. The quantitative estimate of drug-likeness (QED) is 0.648. The van der Waals surface area contributed by atoms with Crippen LogP contribution in [-0.2, 0) is 0 Å². The van der Waals surface area contributed by atoms with Crippen LogP contribution >= 0.6 is 0 Å². The highest BCUT2D eigenvalue weighted by atomic mass is 16.3. The third-order valence-electron chi connectivity index (χ3n) is 3.32. The number of hydrogen-bond acceptors (Lipinski definition) is 3. The molecular formula is C13H17N3O. The maximum atomic E-state index is 10.3. The molecule has 2 atom stereocenters. The van der Waals surface area contributed by atoms with Gasteiger partial charge in [0.15, 0.2) is 5.69 Å². The summed E-state index contributed by atoms with van der Waals surface area (Å²) in [6.45, 7) is 11.0. The number of nitrogens with zero attached hydrogens (tertiary/aromatic N) is 1. The van der Waals surface area contributed by atoms with E-state index in [1.54, 1.807) is 6.07 Å². The zero-order valence-corrected chi connectivity index (χ0v) is 10.3. The van der Waals surface area contributed by atoms with Crippen LogP contribution in [0.3, 0.4) is 0 Å². The Morgan fingerprint density at radius 1 is 1.47 bits per heavy atom. The third kappa shape index (κ3) is 1.88. The second-order valence-electron chi connectivity index (χ2n) is 4.94. The summed E-state index contributed by atoms with van der Waals surface area (Å²) in [5.74, 6) is 0. The molecule has 0 saturated heterocycles. The summed E-state index contributed by atoms with van der Waals surface area (Å²) in [4.78, 5) is 3.42. The summed E-state index contributed by atoms with van der Waals surface area (Å²) < 4.78 is 0. The van der Waals surface area contributed by atoms with Crippen LogP contribution in [-0.4, -0.2) is 23.8 Å². The first-order valence-corrected chi connectivity index (χ1v) is 5.64. The van der Waals surface area contributed by atoms with E-state index in [2.05, 4.69) is 15.5 Å². The van der Waals surface area contributed by atoms with Crippen LogP contribution in [0, 0.1) is 6.57 Å². The second kappa shape index (κ2) is 4.02. The maximum Gasteiger partial charge on any atom is 0.187 e. The van der Waals surface area contributed by atoms with Gasteiger partial charge in [-0.15, -0.1) is 0 Å². The summed E-state index contributed by atoms with van der Waals surface area (Å²) in [6.07, 6.45) is -0.541. The Labute approximate surface area is 101 Å². The van der Waals surface area contributed by atoms with Crippen LogP contribution in [0.2, 0.25) is 0 Å². The van der Waals surface area contributed by atoms with E-state index >= 15 is 0 Å². The van der Waals surface area contributed by atoms with E-state index in [0.717, 1.165) is 11.3 Å². The highest BCUT2D eigenvalue weighted by molar-refractivity contribution is 5.64. The summed E-state index contributed by atoms with van der Waals surface area (Å²) >= 11 is 0. The number of anilines is 1. The molecule has 0 radical (unpaired) electrons. The fourth-order valence-electron chi connectivity index (χ4n) is 2.31. The SMILES string of the molecule is [C-]#[N+]c1ccc2c(c1)[C@@H](NC)[C@H](O)C(C)(C)N2. The van der Waals surface area contributed by atoms with Crippen LogP contribution in [0.15, 0.2) is 18.2 Å². The van der Waals surface area contributed by atoms with Gasteiger partial charge in [-0.1, -0.05) is 6.07 Å². The van der Waals surface area contributed by atoms with E-state index in [9.17, 15) is 5.11 Å². The lowest BCUT2D eigenvalue weighted by atomic mass is 9.82. The number of fused-ring (bicyclic) bond motifs is 1. The molecule has 0 bridgehead atoms. The lowest BCUT2D eigenvalue weighted by Crippen LogP contribution is -2.53. The van der Waals surface area contributed by atoms with Crippen molar-refractivity contribution in [1.29, 1.82) is 0 Å². The molecule has 1 heterocycles. The Bertz CT molecular complexity index is 476. The van der Waals surface area contributed by atoms with Gasteiger partial charge in [0.1, 0.15) is 0 Å².